The zero-order valence-electron chi connectivity index (χ0n) is 22.7. The summed E-state index contributed by atoms with van der Waals surface area (Å²) in [5.74, 6) is 0.504. The van der Waals surface area contributed by atoms with Crippen LogP contribution in [0.25, 0.3) is 0 Å². The standard InChI is InChI=1S/C30H32N6O3Si/c1-21-10-7-13-24(28(21)37)18-31-34-40(27-16-5-4-6-17-27,35-32-19-25-14-8-11-22(2)29(25)38)36-33-20-26-15-9-12-23(3)30(26)39/h4-17,37-39H,18-20H2,1-3H3/b34-31+,35-32+,36-33+. The third-order valence-electron chi connectivity index (χ3n) is 6.48. The smallest absolute Gasteiger partial charge is 0.507 e. The molecule has 4 rings (SSSR count). The van der Waals surface area contributed by atoms with Crippen molar-refractivity contribution in [1.29, 1.82) is 0 Å². The molecule has 0 spiro atoms. The van der Waals surface area contributed by atoms with Crippen LogP contribution in [0.15, 0.2) is 115 Å². The largest absolute Gasteiger partial charge is 0.524 e. The lowest BCUT2D eigenvalue weighted by Gasteiger charge is -2.15. The Labute approximate surface area is 234 Å². The SMILES string of the molecule is Cc1cccc(C/N=N/[Si](/N=N/Cc2cccc(C)c2O)(/N=N/Cc2cccc(C)c2O)c2ccccc2)c1O. The molecule has 3 N–H and O–H groups in total. The van der Waals surface area contributed by atoms with E-state index in [0.29, 0.717) is 21.9 Å². The van der Waals surface area contributed by atoms with Gasteiger partial charge in [0.25, 0.3) is 0 Å². The minimum absolute atomic E-state index is 0.122. The number of rotatable bonds is 10. The fraction of sp³-hybridized carbons (Fsp3) is 0.200. The molecule has 0 atom stereocenters. The van der Waals surface area contributed by atoms with Gasteiger partial charge in [-0.2, -0.15) is 29.7 Å². The minimum Gasteiger partial charge on any atom is -0.507 e. The third kappa shape index (κ3) is 6.64. The quantitative estimate of drug-likeness (QED) is 0.147. The lowest BCUT2D eigenvalue weighted by molar-refractivity contribution is 0.463. The van der Waals surface area contributed by atoms with Crippen molar-refractivity contribution < 1.29 is 15.3 Å². The summed E-state index contributed by atoms with van der Waals surface area (Å²) in [6, 6.07) is 25.7. The maximum Gasteiger partial charge on any atom is 0.524 e. The molecule has 0 unspecified atom stereocenters. The molecule has 0 radical (unpaired) electrons. The van der Waals surface area contributed by atoms with Gasteiger partial charge in [-0.3, -0.25) is 0 Å². The third-order valence-corrected chi connectivity index (χ3v) is 8.85. The number of phenolic OH excluding ortho intramolecular Hbond substituents is 3. The molecule has 0 aliphatic heterocycles. The van der Waals surface area contributed by atoms with Crippen LogP contribution >= 0.6 is 0 Å². The maximum atomic E-state index is 10.5. The predicted octanol–water partition coefficient (Wildman–Crippen LogP) is 6.83. The van der Waals surface area contributed by atoms with Crippen molar-refractivity contribution >= 4 is 13.7 Å². The Morgan fingerprint density at radius 3 is 1.18 bits per heavy atom. The number of phenols is 3. The number of para-hydroxylation sites is 3. The predicted molar refractivity (Wildman–Crippen MR) is 156 cm³/mol. The second-order valence-corrected chi connectivity index (χ2v) is 11.9. The van der Waals surface area contributed by atoms with Gasteiger partial charge in [-0.1, -0.05) is 84.9 Å². The number of hydrogen-bond donors (Lipinski definition) is 3. The van der Waals surface area contributed by atoms with Crippen LogP contribution in [-0.4, -0.2) is 23.9 Å². The van der Waals surface area contributed by atoms with Crippen molar-refractivity contribution in [2.45, 2.75) is 40.4 Å². The highest BCUT2D eigenvalue weighted by atomic mass is 28.4. The van der Waals surface area contributed by atoms with Crippen LogP contribution in [0.4, 0.5) is 0 Å². The zero-order chi connectivity index (χ0) is 28.5. The average Bonchev–Trinajstić information content (AvgIpc) is 2.96. The first-order valence-electron chi connectivity index (χ1n) is 12.8. The molecule has 204 valence electrons. The first kappa shape index (κ1) is 28.3. The van der Waals surface area contributed by atoms with Crippen molar-refractivity contribution in [1.82, 2.24) is 0 Å². The molecule has 4 aromatic carbocycles. The Kier molecular flexibility index (Phi) is 9.13. The average molecular weight is 553 g/mol. The number of aryl methyl sites for hydroxylation is 3. The van der Waals surface area contributed by atoms with E-state index >= 15 is 0 Å². The highest BCUT2D eigenvalue weighted by molar-refractivity contribution is 6.86. The summed E-state index contributed by atoms with van der Waals surface area (Å²) in [6.45, 7) is 5.83. The molecule has 0 fully saturated rings. The monoisotopic (exact) mass is 552 g/mol. The van der Waals surface area contributed by atoms with Crippen molar-refractivity contribution in [3.8, 4) is 17.2 Å². The summed E-state index contributed by atoms with van der Waals surface area (Å²) in [6.07, 6.45) is 0. The normalized spacial score (nSPS) is 12.2. The molecule has 0 saturated carbocycles. The van der Waals surface area contributed by atoms with Crippen LogP contribution in [-0.2, 0) is 19.6 Å². The van der Waals surface area contributed by atoms with Crippen LogP contribution in [0.2, 0.25) is 0 Å². The molecule has 0 heterocycles. The highest BCUT2D eigenvalue weighted by Crippen LogP contribution is 2.26. The van der Waals surface area contributed by atoms with Gasteiger partial charge in [0, 0.05) is 21.9 Å². The van der Waals surface area contributed by atoms with Crippen molar-refractivity contribution in [3.05, 3.63) is 118 Å². The molecule has 0 saturated heterocycles. The second-order valence-electron chi connectivity index (χ2n) is 9.45. The molecular weight excluding hydrogens is 520 g/mol. The summed E-state index contributed by atoms with van der Waals surface area (Å²) < 4.78 is 13.9. The van der Waals surface area contributed by atoms with Crippen LogP contribution < -0.4 is 5.19 Å². The molecule has 0 aliphatic rings. The van der Waals surface area contributed by atoms with Crippen LogP contribution in [0.1, 0.15) is 33.4 Å². The van der Waals surface area contributed by atoms with Gasteiger partial charge >= 0.3 is 8.56 Å². The van der Waals surface area contributed by atoms with Gasteiger partial charge in [0.15, 0.2) is 0 Å². The summed E-state index contributed by atoms with van der Waals surface area (Å²) in [7, 11) is -3.60. The highest BCUT2D eigenvalue weighted by Gasteiger charge is 2.40. The molecule has 0 amide bonds. The first-order chi connectivity index (χ1) is 19.3. The van der Waals surface area contributed by atoms with E-state index < -0.39 is 8.56 Å². The zero-order valence-corrected chi connectivity index (χ0v) is 23.7. The van der Waals surface area contributed by atoms with E-state index in [1.54, 1.807) is 18.2 Å². The van der Waals surface area contributed by atoms with E-state index in [1.807, 2.05) is 87.5 Å². The lowest BCUT2D eigenvalue weighted by atomic mass is 10.1. The van der Waals surface area contributed by atoms with Gasteiger partial charge < -0.3 is 15.3 Å². The van der Waals surface area contributed by atoms with E-state index in [0.717, 1.165) is 16.7 Å². The van der Waals surface area contributed by atoms with E-state index in [2.05, 4.69) is 29.7 Å². The fourth-order valence-electron chi connectivity index (χ4n) is 4.07. The van der Waals surface area contributed by atoms with Gasteiger partial charge in [-0.05, 0) is 37.5 Å². The Bertz CT molecular complexity index is 1400. The Balaban J connectivity index is 1.74. The molecule has 40 heavy (non-hydrogen) atoms. The summed E-state index contributed by atoms with van der Waals surface area (Å²) >= 11 is 0. The van der Waals surface area contributed by atoms with Crippen LogP contribution in [0, 0.1) is 20.8 Å². The summed E-state index contributed by atoms with van der Waals surface area (Å²) in [5.41, 5.74) is 4.12. The van der Waals surface area contributed by atoms with Crippen molar-refractivity contribution in [2.75, 3.05) is 0 Å². The molecule has 10 heteroatoms. The number of hydrogen-bond acceptors (Lipinski definition) is 9. The fourth-order valence-corrected chi connectivity index (χ4v) is 5.98. The molecule has 0 aromatic heterocycles. The maximum absolute atomic E-state index is 10.5. The number of aromatic hydroxyl groups is 3. The van der Waals surface area contributed by atoms with Gasteiger partial charge in [0.05, 0.1) is 19.6 Å². The van der Waals surface area contributed by atoms with Gasteiger partial charge in [-0.25, -0.2) is 0 Å². The van der Waals surface area contributed by atoms with Gasteiger partial charge in [-0.15, -0.1) is 0 Å². The van der Waals surface area contributed by atoms with Crippen LogP contribution in [0.5, 0.6) is 17.2 Å². The Morgan fingerprint density at radius 1 is 0.475 bits per heavy atom. The Hall–Kier alpha value is -4.70. The molecule has 4 aromatic rings. The molecule has 0 bridgehead atoms. The summed E-state index contributed by atoms with van der Waals surface area (Å²) in [5, 5.41) is 45.4. The Morgan fingerprint density at radius 2 is 0.825 bits per heavy atom. The van der Waals surface area contributed by atoms with Crippen molar-refractivity contribution in [3.63, 3.8) is 0 Å². The van der Waals surface area contributed by atoms with E-state index in [1.165, 1.54) is 0 Å². The minimum atomic E-state index is -3.60. The molecule has 9 nitrogen and oxygen atoms in total. The van der Waals surface area contributed by atoms with E-state index in [9.17, 15) is 15.3 Å². The summed E-state index contributed by atoms with van der Waals surface area (Å²) in [4.78, 5) is 0. The number of nitrogens with zero attached hydrogens (tertiary/aromatic N) is 6. The first-order valence-corrected chi connectivity index (χ1v) is 14.7. The van der Waals surface area contributed by atoms with E-state index in [4.69, 9.17) is 0 Å². The van der Waals surface area contributed by atoms with Gasteiger partial charge in [0.2, 0.25) is 0 Å². The topological polar surface area (TPSA) is 135 Å². The second kappa shape index (κ2) is 12.9. The number of benzene rings is 4. The van der Waals surface area contributed by atoms with Crippen LogP contribution in [0.3, 0.4) is 0 Å². The lowest BCUT2D eigenvalue weighted by Crippen LogP contribution is -2.42. The van der Waals surface area contributed by atoms with Crippen molar-refractivity contribution in [2.24, 2.45) is 29.7 Å². The van der Waals surface area contributed by atoms with E-state index in [-0.39, 0.29) is 36.9 Å². The van der Waals surface area contributed by atoms with Gasteiger partial charge in [0.1, 0.15) is 17.2 Å². The molecular formula is C30H32N6O3Si. The molecule has 0 aliphatic carbocycles.